The van der Waals surface area contributed by atoms with Crippen molar-refractivity contribution in [2.75, 3.05) is 6.54 Å². The van der Waals surface area contributed by atoms with Crippen LogP contribution in [0.1, 0.15) is 30.9 Å². The van der Waals surface area contributed by atoms with E-state index in [0.717, 1.165) is 5.56 Å². The summed E-state index contributed by atoms with van der Waals surface area (Å²) < 4.78 is 14.1. The van der Waals surface area contributed by atoms with Gasteiger partial charge in [-0.1, -0.05) is 19.9 Å². The van der Waals surface area contributed by atoms with Gasteiger partial charge in [0.25, 0.3) is 0 Å². The lowest BCUT2D eigenvalue weighted by molar-refractivity contribution is 0.601. The molecule has 0 fully saturated rings. The van der Waals surface area contributed by atoms with Crippen molar-refractivity contribution < 1.29 is 4.39 Å². The van der Waals surface area contributed by atoms with Crippen molar-refractivity contribution in [2.45, 2.75) is 26.2 Å². The highest BCUT2D eigenvalue weighted by atomic mass is 79.9. The predicted molar refractivity (Wildman–Crippen MR) is 60.9 cm³/mol. The lowest BCUT2D eigenvalue weighted by Gasteiger charge is -2.10. The zero-order chi connectivity index (χ0) is 10.7. The number of benzene rings is 1. The maximum absolute atomic E-state index is 13.5. The molecule has 2 N–H and O–H groups in total. The van der Waals surface area contributed by atoms with E-state index >= 15 is 0 Å². The topological polar surface area (TPSA) is 26.0 Å². The molecule has 0 saturated heterocycles. The highest BCUT2D eigenvalue weighted by molar-refractivity contribution is 9.10. The lowest BCUT2D eigenvalue weighted by atomic mass is 9.99. The minimum Gasteiger partial charge on any atom is -0.330 e. The van der Waals surface area contributed by atoms with Gasteiger partial charge in [-0.05, 0) is 52.0 Å². The lowest BCUT2D eigenvalue weighted by Crippen LogP contribution is -2.06. The van der Waals surface area contributed by atoms with E-state index < -0.39 is 0 Å². The Balaban J connectivity index is 3.14. The number of halogens is 2. The Morgan fingerprint density at radius 3 is 2.57 bits per heavy atom. The molecule has 3 heteroatoms. The van der Waals surface area contributed by atoms with Gasteiger partial charge in [-0.25, -0.2) is 4.39 Å². The molecule has 0 saturated carbocycles. The first-order valence-corrected chi connectivity index (χ1v) is 5.53. The minimum absolute atomic E-state index is 0.181. The van der Waals surface area contributed by atoms with Crippen molar-refractivity contribution in [3.05, 3.63) is 33.5 Å². The Kier molecular flexibility index (Phi) is 4.08. The SMILES string of the molecule is CC(C)c1cc(Br)c(F)c(CCN)c1. The van der Waals surface area contributed by atoms with Crippen molar-refractivity contribution in [2.24, 2.45) is 5.73 Å². The van der Waals surface area contributed by atoms with Crippen molar-refractivity contribution >= 4 is 15.9 Å². The number of hydrogen-bond donors (Lipinski definition) is 1. The molecule has 0 spiro atoms. The molecule has 1 nitrogen and oxygen atoms in total. The second kappa shape index (κ2) is 4.89. The summed E-state index contributed by atoms with van der Waals surface area (Å²) in [6, 6.07) is 3.73. The molecule has 0 heterocycles. The summed E-state index contributed by atoms with van der Waals surface area (Å²) in [6.45, 7) is 4.66. The Labute approximate surface area is 92.6 Å². The fraction of sp³-hybridized carbons (Fsp3) is 0.455. The summed E-state index contributed by atoms with van der Waals surface area (Å²) in [5.74, 6) is 0.225. The third-order valence-corrected chi connectivity index (χ3v) is 2.78. The van der Waals surface area contributed by atoms with Gasteiger partial charge >= 0.3 is 0 Å². The Morgan fingerprint density at radius 1 is 1.43 bits per heavy atom. The van der Waals surface area contributed by atoms with Crippen molar-refractivity contribution in [1.29, 1.82) is 0 Å². The smallest absolute Gasteiger partial charge is 0.140 e. The number of hydrogen-bond acceptors (Lipinski definition) is 1. The van der Waals surface area contributed by atoms with Gasteiger partial charge in [0, 0.05) is 0 Å². The first-order chi connectivity index (χ1) is 6.56. The van der Waals surface area contributed by atoms with Crippen LogP contribution in [0.5, 0.6) is 0 Å². The zero-order valence-corrected chi connectivity index (χ0v) is 10.1. The molecule has 78 valence electrons. The van der Waals surface area contributed by atoms with E-state index in [0.29, 0.717) is 28.9 Å². The molecule has 0 aliphatic carbocycles. The van der Waals surface area contributed by atoms with Gasteiger partial charge in [-0.2, -0.15) is 0 Å². The molecule has 0 atom stereocenters. The summed E-state index contributed by atoms with van der Waals surface area (Å²) in [5, 5.41) is 0. The van der Waals surface area contributed by atoms with Crippen LogP contribution in [0.25, 0.3) is 0 Å². The summed E-state index contributed by atoms with van der Waals surface area (Å²) >= 11 is 3.22. The number of nitrogens with two attached hydrogens (primary N) is 1. The van der Waals surface area contributed by atoms with Crippen LogP contribution in [0.2, 0.25) is 0 Å². The summed E-state index contributed by atoms with van der Waals surface area (Å²) in [5.41, 5.74) is 7.26. The third kappa shape index (κ3) is 2.55. The van der Waals surface area contributed by atoms with Crippen molar-refractivity contribution in [3.8, 4) is 0 Å². The maximum Gasteiger partial charge on any atom is 0.140 e. The first kappa shape index (κ1) is 11.7. The van der Waals surface area contributed by atoms with Gasteiger partial charge in [0.05, 0.1) is 4.47 Å². The van der Waals surface area contributed by atoms with E-state index in [1.54, 1.807) is 0 Å². The molecule has 1 rings (SSSR count). The molecular weight excluding hydrogens is 245 g/mol. The molecule has 0 aliphatic heterocycles. The summed E-state index contributed by atoms with van der Waals surface area (Å²) in [4.78, 5) is 0. The molecule has 0 amide bonds. The Morgan fingerprint density at radius 2 is 2.07 bits per heavy atom. The van der Waals surface area contributed by atoms with E-state index in [-0.39, 0.29) is 5.82 Å². The molecule has 0 unspecified atom stereocenters. The van der Waals surface area contributed by atoms with Crippen LogP contribution in [0, 0.1) is 5.82 Å². The molecule has 0 bridgehead atoms. The monoisotopic (exact) mass is 259 g/mol. The third-order valence-electron chi connectivity index (χ3n) is 2.21. The molecule has 1 aromatic carbocycles. The average Bonchev–Trinajstić information content (AvgIpc) is 2.12. The van der Waals surface area contributed by atoms with Gasteiger partial charge in [0.2, 0.25) is 0 Å². The molecule has 1 aromatic rings. The molecule has 0 aromatic heterocycles. The highest BCUT2D eigenvalue weighted by Gasteiger charge is 2.10. The largest absolute Gasteiger partial charge is 0.330 e. The fourth-order valence-corrected chi connectivity index (χ4v) is 1.86. The highest BCUT2D eigenvalue weighted by Crippen LogP contribution is 2.25. The maximum atomic E-state index is 13.5. The van der Waals surface area contributed by atoms with E-state index in [1.807, 2.05) is 12.1 Å². The van der Waals surface area contributed by atoms with Crippen LogP contribution in [0.4, 0.5) is 4.39 Å². The quantitative estimate of drug-likeness (QED) is 0.887. The van der Waals surface area contributed by atoms with Gasteiger partial charge < -0.3 is 5.73 Å². The van der Waals surface area contributed by atoms with Crippen LogP contribution in [0.3, 0.4) is 0 Å². The van der Waals surface area contributed by atoms with E-state index in [1.165, 1.54) is 0 Å². The van der Waals surface area contributed by atoms with Crippen LogP contribution in [-0.2, 0) is 6.42 Å². The Bertz CT molecular complexity index is 323. The Hall–Kier alpha value is -0.410. The van der Waals surface area contributed by atoms with Crippen LogP contribution in [-0.4, -0.2) is 6.54 Å². The van der Waals surface area contributed by atoms with Crippen LogP contribution in [0.15, 0.2) is 16.6 Å². The van der Waals surface area contributed by atoms with Gasteiger partial charge in [-0.3, -0.25) is 0 Å². The zero-order valence-electron chi connectivity index (χ0n) is 8.48. The number of rotatable bonds is 3. The first-order valence-electron chi connectivity index (χ1n) is 4.74. The summed E-state index contributed by atoms with van der Waals surface area (Å²) in [7, 11) is 0. The fourth-order valence-electron chi connectivity index (χ4n) is 1.34. The van der Waals surface area contributed by atoms with E-state index in [2.05, 4.69) is 29.8 Å². The normalized spacial score (nSPS) is 11.0. The van der Waals surface area contributed by atoms with Gasteiger partial charge in [0.1, 0.15) is 5.82 Å². The molecule has 14 heavy (non-hydrogen) atoms. The molecular formula is C11H15BrFN. The second-order valence-electron chi connectivity index (χ2n) is 3.67. The predicted octanol–water partition coefficient (Wildman–Crippen LogP) is 3.21. The summed E-state index contributed by atoms with van der Waals surface area (Å²) in [6.07, 6.45) is 0.588. The van der Waals surface area contributed by atoms with Crippen LogP contribution < -0.4 is 5.73 Å². The van der Waals surface area contributed by atoms with E-state index in [9.17, 15) is 4.39 Å². The molecule has 0 aliphatic rings. The second-order valence-corrected chi connectivity index (χ2v) is 4.52. The van der Waals surface area contributed by atoms with Gasteiger partial charge in [-0.15, -0.1) is 0 Å². The van der Waals surface area contributed by atoms with E-state index in [4.69, 9.17) is 5.73 Å². The minimum atomic E-state index is -0.181. The van der Waals surface area contributed by atoms with Crippen molar-refractivity contribution in [3.63, 3.8) is 0 Å². The molecule has 0 radical (unpaired) electrons. The average molecular weight is 260 g/mol. The van der Waals surface area contributed by atoms with Crippen LogP contribution >= 0.6 is 15.9 Å². The van der Waals surface area contributed by atoms with Gasteiger partial charge in [0.15, 0.2) is 0 Å². The van der Waals surface area contributed by atoms with Crippen molar-refractivity contribution in [1.82, 2.24) is 0 Å². The standard InChI is InChI=1S/C11H15BrFN/c1-7(2)9-5-8(3-4-14)11(13)10(12)6-9/h5-7H,3-4,14H2,1-2H3.